The van der Waals surface area contributed by atoms with Crippen molar-refractivity contribution >= 4 is 34.1 Å². The number of nitrogens with one attached hydrogen (secondary N) is 2. The smallest absolute Gasteiger partial charge is 0.321 e. The monoisotopic (exact) mass is 411 g/mol. The number of nitrogens with zero attached hydrogens (tertiary/aromatic N) is 5. The van der Waals surface area contributed by atoms with E-state index in [-0.39, 0.29) is 17.9 Å². The third kappa shape index (κ3) is 4.43. The van der Waals surface area contributed by atoms with Crippen molar-refractivity contribution in [2.24, 2.45) is 5.92 Å². The molecule has 4 rings (SSSR count). The second kappa shape index (κ2) is 8.39. The number of carbonyl (C=O) groups excluding carboxylic acids is 2. The van der Waals surface area contributed by atoms with E-state index in [1.807, 2.05) is 41.9 Å². The first-order valence-corrected chi connectivity index (χ1v) is 10.2. The maximum atomic E-state index is 12.6. The number of likely N-dealkylation sites (tertiary alicyclic amines) is 1. The zero-order valence-electron chi connectivity index (χ0n) is 15.9. The molecule has 150 valence electrons. The molecule has 0 spiro atoms. The number of hydrogen-bond donors (Lipinski definition) is 2. The number of hydrogen-bond acceptors (Lipinski definition) is 6. The minimum atomic E-state index is -0.165. The predicted molar refractivity (Wildman–Crippen MR) is 110 cm³/mol. The molecular formula is C19H21N7O2S. The number of piperidine rings is 1. The Morgan fingerprint density at radius 3 is 2.69 bits per heavy atom. The van der Waals surface area contributed by atoms with Crippen LogP contribution in [0.25, 0.3) is 5.69 Å². The number of anilines is 2. The average Bonchev–Trinajstić information content (AvgIpc) is 3.40. The van der Waals surface area contributed by atoms with Gasteiger partial charge in [-0.3, -0.25) is 4.79 Å². The molecule has 1 aliphatic heterocycles. The van der Waals surface area contributed by atoms with Gasteiger partial charge in [0.15, 0.2) is 0 Å². The topological polar surface area (TPSA) is 105 Å². The molecule has 10 heteroatoms. The number of aryl methyl sites for hydroxylation is 1. The number of aromatic nitrogens is 4. The van der Waals surface area contributed by atoms with Gasteiger partial charge in [0.2, 0.25) is 11.0 Å². The fourth-order valence-electron chi connectivity index (χ4n) is 3.34. The van der Waals surface area contributed by atoms with Crippen LogP contribution >= 0.6 is 11.3 Å². The summed E-state index contributed by atoms with van der Waals surface area (Å²) in [6.07, 6.45) is 2.97. The summed E-state index contributed by atoms with van der Waals surface area (Å²) >= 11 is 1.29. The SMILES string of the molecule is Cc1ccnn1-c1cccc(NC(=O)N2CCC(C(=O)Nc3nncs3)CC2)c1. The van der Waals surface area contributed by atoms with Crippen molar-refractivity contribution in [3.8, 4) is 5.69 Å². The molecule has 29 heavy (non-hydrogen) atoms. The Labute approximate surface area is 171 Å². The van der Waals surface area contributed by atoms with Gasteiger partial charge < -0.3 is 15.5 Å². The molecule has 0 radical (unpaired) electrons. The van der Waals surface area contributed by atoms with Crippen molar-refractivity contribution in [2.75, 3.05) is 23.7 Å². The molecule has 0 saturated carbocycles. The molecule has 3 aromatic rings. The number of amides is 3. The van der Waals surface area contributed by atoms with Crippen molar-refractivity contribution in [3.63, 3.8) is 0 Å². The average molecular weight is 411 g/mol. The first-order valence-electron chi connectivity index (χ1n) is 9.34. The fourth-order valence-corrected chi connectivity index (χ4v) is 3.79. The molecule has 0 unspecified atom stereocenters. The van der Waals surface area contributed by atoms with Crippen LogP contribution in [0, 0.1) is 12.8 Å². The summed E-state index contributed by atoms with van der Waals surface area (Å²) in [6, 6.07) is 9.33. The molecule has 1 fully saturated rings. The Bertz CT molecular complexity index is 994. The molecule has 3 heterocycles. The molecule has 2 aromatic heterocycles. The second-order valence-electron chi connectivity index (χ2n) is 6.86. The number of urea groups is 1. The van der Waals surface area contributed by atoms with Gasteiger partial charge in [-0.05, 0) is 44.0 Å². The van der Waals surface area contributed by atoms with Crippen molar-refractivity contribution in [2.45, 2.75) is 19.8 Å². The van der Waals surface area contributed by atoms with Gasteiger partial charge in [-0.2, -0.15) is 5.10 Å². The highest BCUT2D eigenvalue weighted by atomic mass is 32.1. The summed E-state index contributed by atoms with van der Waals surface area (Å²) in [4.78, 5) is 26.7. The number of carbonyl (C=O) groups is 2. The molecular weight excluding hydrogens is 390 g/mol. The maximum Gasteiger partial charge on any atom is 0.321 e. The molecule has 1 aromatic carbocycles. The van der Waals surface area contributed by atoms with Crippen LogP contribution in [0.4, 0.5) is 15.6 Å². The van der Waals surface area contributed by atoms with E-state index in [0.717, 1.165) is 11.4 Å². The summed E-state index contributed by atoms with van der Waals surface area (Å²) in [5, 5.41) is 18.1. The van der Waals surface area contributed by atoms with E-state index in [0.29, 0.717) is 36.8 Å². The van der Waals surface area contributed by atoms with Crippen molar-refractivity contribution < 1.29 is 9.59 Å². The minimum absolute atomic E-state index is 0.0656. The minimum Gasteiger partial charge on any atom is -0.324 e. The second-order valence-corrected chi connectivity index (χ2v) is 7.69. The lowest BCUT2D eigenvalue weighted by Crippen LogP contribution is -2.43. The highest BCUT2D eigenvalue weighted by molar-refractivity contribution is 7.13. The van der Waals surface area contributed by atoms with Crippen LogP contribution in [-0.2, 0) is 4.79 Å². The van der Waals surface area contributed by atoms with Crippen LogP contribution in [0.3, 0.4) is 0 Å². The zero-order valence-corrected chi connectivity index (χ0v) is 16.7. The summed E-state index contributed by atoms with van der Waals surface area (Å²) in [5.74, 6) is -0.196. The van der Waals surface area contributed by atoms with Crippen LogP contribution in [0.2, 0.25) is 0 Å². The zero-order chi connectivity index (χ0) is 20.2. The lowest BCUT2D eigenvalue weighted by atomic mass is 9.96. The summed E-state index contributed by atoms with van der Waals surface area (Å²) in [6.45, 7) is 3.03. The highest BCUT2D eigenvalue weighted by Gasteiger charge is 2.27. The van der Waals surface area contributed by atoms with Crippen molar-refractivity contribution in [3.05, 3.63) is 47.7 Å². The Kier molecular flexibility index (Phi) is 5.52. The lowest BCUT2D eigenvalue weighted by Gasteiger charge is -2.31. The third-order valence-electron chi connectivity index (χ3n) is 4.92. The largest absolute Gasteiger partial charge is 0.324 e. The first kappa shape index (κ1) is 19.1. The summed E-state index contributed by atoms with van der Waals surface area (Å²) < 4.78 is 1.82. The molecule has 1 aliphatic rings. The van der Waals surface area contributed by atoms with Gasteiger partial charge in [0.25, 0.3) is 0 Å². The van der Waals surface area contributed by atoms with Gasteiger partial charge in [0, 0.05) is 36.6 Å². The Morgan fingerprint density at radius 2 is 2.00 bits per heavy atom. The highest BCUT2D eigenvalue weighted by Crippen LogP contribution is 2.21. The number of benzene rings is 1. The van der Waals surface area contributed by atoms with Gasteiger partial charge in [0.05, 0.1) is 5.69 Å². The van der Waals surface area contributed by atoms with Gasteiger partial charge in [-0.15, -0.1) is 10.2 Å². The van der Waals surface area contributed by atoms with Crippen LogP contribution in [0.15, 0.2) is 42.0 Å². The fraction of sp³-hybridized carbons (Fsp3) is 0.316. The molecule has 0 atom stereocenters. The molecule has 1 saturated heterocycles. The van der Waals surface area contributed by atoms with Crippen LogP contribution in [0.1, 0.15) is 18.5 Å². The predicted octanol–water partition coefficient (Wildman–Crippen LogP) is 2.91. The van der Waals surface area contributed by atoms with E-state index in [2.05, 4.69) is 25.9 Å². The maximum absolute atomic E-state index is 12.6. The standard InChI is InChI=1S/C19H21N7O2S/c1-13-5-8-21-26(13)16-4-2-3-15(11-16)22-19(28)25-9-6-14(7-10-25)17(27)23-18-24-20-12-29-18/h2-5,8,11-12,14H,6-7,9-10H2,1H3,(H,22,28)(H,23,24,27). The van der Waals surface area contributed by atoms with E-state index in [1.165, 1.54) is 11.3 Å². The Hall–Kier alpha value is -3.27. The summed E-state index contributed by atoms with van der Waals surface area (Å²) in [5.41, 5.74) is 4.18. The number of rotatable bonds is 4. The van der Waals surface area contributed by atoms with Crippen LogP contribution in [-0.4, -0.2) is 49.9 Å². The van der Waals surface area contributed by atoms with Gasteiger partial charge in [-0.25, -0.2) is 9.48 Å². The van der Waals surface area contributed by atoms with Crippen LogP contribution in [0.5, 0.6) is 0 Å². The molecule has 2 N–H and O–H groups in total. The van der Waals surface area contributed by atoms with E-state index in [1.54, 1.807) is 16.6 Å². The van der Waals surface area contributed by atoms with E-state index in [9.17, 15) is 9.59 Å². The van der Waals surface area contributed by atoms with E-state index >= 15 is 0 Å². The molecule has 3 amide bonds. The van der Waals surface area contributed by atoms with Crippen LogP contribution < -0.4 is 10.6 Å². The first-order chi connectivity index (χ1) is 14.1. The normalized spacial score (nSPS) is 14.6. The van der Waals surface area contributed by atoms with E-state index < -0.39 is 0 Å². The third-order valence-corrected chi connectivity index (χ3v) is 5.52. The molecule has 0 aliphatic carbocycles. The van der Waals surface area contributed by atoms with Crippen molar-refractivity contribution in [1.82, 2.24) is 24.9 Å². The molecule has 0 bridgehead atoms. The lowest BCUT2D eigenvalue weighted by molar-refractivity contribution is -0.121. The van der Waals surface area contributed by atoms with Gasteiger partial charge in [0.1, 0.15) is 5.51 Å². The summed E-state index contributed by atoms with van der Waals surface area (Å²) in [7, 11) is 0. The molecule has 9 nitrogen and oxygen atoms in total. The Morgan fingerprint density at radius 1 is 1.17 bits per heavy atom. The van der Waals surface area contributed by atoms with Gasteiger partial charge >= 0.3 is 6.03 Å². The van der Waals surface area contributed by atoms with E-state index in [4.69, 9.17) is 0 Å². The Balaban J connectivity index is 1.32. The van der Waals surface area contributed by atoms with Crippen molar-refractivity contribution in [1.29, 1.82) is 0 Å². The quantitative estimate of drug-likeness (QED) is 0.687. The van der Waals surface area contributed by atoms with Gasteiger partial charge in [-0.1, -0.05) is 17.4 Å².